The lowest BCUT2D eigenvalue weighted by atomic mass is 9.92. The molecule has 2 atom stereocenters. The Morgan fingerprint density at radius 1 is 1.13 bits per heavy atom. The Balaban J connectivity index is 1.58. The molecule has 6 rings (SSSR count). The Labute approximate surface area is 184 Å². The zero-order valence-electron chi connectivity index (χ0n) is 16.6. The number of ether oxygens (including phenoxy) is 2. The van der Waals surface area contributed by atoms with Crippen molar-refractivity contribution in [2.45, 2.75) is 18.2 Å². The molecule has 0 unspecified atom stereocenters. The second kappa shape index (κ2) is 6.49. The fraction of sp³-hybridized carbons (Fsp3) is 0.167. The van der Waals surface area contributed by atoms with Gasteiger partial charge in [-0.05, 0) is 29.8 Å². The van der Waals surface area contributed by atoms with Gasteiger partial charge in [-0.15, -0.1) is 0 Å². The first-order chi connectivity index (χ1) is 15.1. The number of rotatable bonds is 2. The van der Waals surface area contributed by atoms with Crippen molar-refractivity contribution in [2.24, 2.45) is 5.10 Å². The highest BCUT2D eigenvalue weighted by Gasteiger charge is 2.61. The van der Waals surface area contributed by atoms with E-state index in [4.69, 9.17) is 26.2 Å². The highest BCUT2D eigenvalue weighted by atomic mass is 35.5. The van der Waals surface area contributed by atoms with Crippen LogP contribution >= 0.6 is 11.6 Å². The van der Waals surface area contributed by atoms with Gasteiger partial charge >= 0.3 is 5.72 Å². The molecule has 0 saturated carbocycles. The van der Waals surface area contributed by atoms with Crippen molar-refractivity contribution in [1.82, 2.24) is 5.01 Å². The minimum atomic E-state index is -1.41. The van der Waals surface area contributed by atoms with Crippen LogP contribution in [0.2, 0.25) is 5.02 Å². The van der Waals surface area contributed by atoms with E-state index in [2.05, 4.69) is 5.32 Å². The number of halogens is 1. The quantitative estimate of drug-likeness (QED) is 0.639. The second-order valence-electron chi connectivity index (χ2n) is 7.74. The standard InChI is InChI=1S/C24H18ClN3O3/c1-30-21-8-4-5-16-20-13-19(14-9-11-15(25)12-10-14)27-28(20)24(31-22(16)21)17-6-2-3-7-18(17)26-23(24)29/h2-12,20H,13H2,1H3,(H,26,29)/t20-,24-/m1/s1. The number of para-hydroxylation sites is 2. The lowest BCUT2D eigenvalue weighted by Crippen LogP contribution is -2.55. The molecular formula is C24H18ClN3O3. The van der Waals surface area contributed by atoms with Crippen molar-refractivity contribution >= 4 is 28.9 Å². The Kier molecular flexibility index (Phi) is 3.83. The van der Waals surface area contributed by atoms with Gasteiger partial charge in [-0.25, -0.2) is 5.01 Å². The van der Waals surface area contributed by atoms with Gasteiger partial charge in [0.05, 0.1) is 30.1 Å². The Hall–Kier alpha value is -3.51. The van der Waals surface area contributed by atoms with Crippen LogP contribution < -0.4 is 14.8 Å². The summed E-state index contributed by atoms with van der Waals surface area (Å²) in [6.45, 7) is 0. The number of methoxy groups -OCH3 is 1. The third-order valence-corrected chi connectivity index (χ3v) is 6.35. The van der Waals surface area contributed by atoms with Crippen LogP contribution in [-0.2, 0) is 10.5 Å². The average Bonchev–Trinajstić information content (AvgIpc) is 3.35. The Bertz CT molecular complexity index is 1260. The first-order valence-electron chi connectivity index (χ1n) is 10.0. The number of benzene rings is 3. The lowest BCUT2D eigenvalue weighted by Gasteiger charge is -2.44. The fourth-order valence-electron chi connectivity index (χ4n) is 4.66. The number of nitrogens with zero attached hydrogens (tertiary/aromatic N) is 2. The minimum Gasteiger partial charge on any atom is -0.493 e. The van der Waals surface area contributed by atoms with E-state index in [-0.39, 0.29) is 11.9 Å². The zero-order chi connectivity index (χ0) is 21.2. The molecule has 3 aromatic rings. The molecule has 0 aliphatic carbocycles. The summed E-state index contributed by atoms with van der Waals surface area (Å²) in [4.78, 5) is 13.4. The molecule has 0 saturated heterocycles. The third-order valence-electron chi connectivity index (χ3n) is 6.10. The SMILES string of the molecule is COc1cccc2c1O[C@]1(C(=O)Nc3ccccc31)N1N=C(c3ccc(Cl)cc3)C[C@H]21. The van der Waals surface area contributed by atoms with Crippen LogP contribution in [0, 0.1) is 0 Å². The molecule has 3 aliphatic rings. The van der Waals surface area contributed by atoms with Crippen LogP contribution in [0.1, 0.15) is 29.2 Å². The first kappa shape index (κ1) is 18.3. The Morgan fingerprint density at radius 2 is 1.94 bits per heavy atom. The van der Waals surface area contributed by atoms with E-state index >= 15 is 0 Å². The number of fused-ring (bicyclic) bond motifs is 6. The van der Waals surface area contributed by atoms with Crippen molar-refractivity contribution in [3.63, 3.8) is 0 Å². The number of anilines is 1. The third kappa shape index (κ3) is 2.45. The summed E-state index contributed by atoms with van der Waals surface area (Å²) in [6, 6.07) is 20.7. The van der Waals surface area contributed by atoms with Gasteiger partial charge in [0.1, 0.15) is 0 Å². The summed E-state index contributed by atoms with van der Waals surface area (Å²) in [5, 5.41) is 10.4. The van der Waals surface area contributed by atoms with Crippen LogP contribution in [0.4, 0.5) is 5.69 Å². The summed E-state index contributed by atoms with van der Waals surface area (Å²) < 4.78 is 12.1. The Morgan fingerprint density at radius 3 is 2.74 bits per heavy atom. The zero-order valence-corrected chi connectivity index (χ0v) is 17.4. The molecule has 3 heterocycles. The smallest absolute Gasteiger partial charge is 0.306 e. The summed E-state index contributed by atoms with van der Waals surface area (Å²) >= 11 is 6.08. The molecule has 154 valence electrons. The second-order valence-corrected chi connectivity index (χ2v) is 8.18. The molecule has 1 amide bonds. The first-order valence-corrected chi connectivity index (χ1v) is 10.4. The monoisotopic (exact) mass is 431 g/mol. The maximum absolute atomic E-state index is 13.4. The predicted octanol–water partition coefficient (Wildman–Crippen LogP) is 4.70. The molecule has 6 nitrogen and oxygen atoms in total. The molecule has 1 N–H and O–H groups in total. The van der Waals surface area contributed by atoms with Gasteiger partial charge in [0.15, 0.2) is 11.5 Å². The van der Waals surface area contributed by atoms with E-state index in [9.17, 15) is 4.79 Å². The molecule has 0 bridgehead atoms. The van der Waals surface area contributed by atoms with E-state index in [0.29, 0.717) is 22.9 Å². The highest BCUT2D eigenvalue weighted by molar-refractivity contribution is 6.30. The molecule has 31 heavy (non-hydrogen) atoms. The van der Waals surface area contributed by atoms with Crippen molar-refractivity contribution in [3.05, 3.63) is 88.4 Å². The van der Waals surface area contributed by atoms with E-state index in [1.807, 2.05) is 66.7 Å². The lowest BCUT2D eigenvalue weighted by molar-refractivity contribution is -0.161. The van der Waals surface area contributed by atoms with Crippen LogP contribution in [0.5, 0.6) is 11.5 Å². The number of hydrogen-bond donors (Lipinski definition) is 1. The summed E-state index contributed by atoms with van der Waals surface area (Å²) in [5.74, 6) is 0.899. The molecule has 3 aliphatic heterocycles. The van der Waals surface area contributed by atoms with Crippen LogP contribution in [-0.4, -0.2) is 23.7 Å². The molecule has 3 aromatic carbocycles. The predicted molar refractivity (Wildman–Crippen MR) is 118 cm³/mol. The highest BCUT2D eigenvalue weighted by Crippen LogP contribution is 2.56. The minimum absolute atomic E-state index is 0.179. The number of hydrazone groups is 1. The number of hydrogen-bond acceptors (Lipinski definition) is 5. The van der Waals surface area contributed by atoms with Crippen LogP contribution in [0.15, 0.2) is 71.8 Å². The van der Waals surface area contributed by atoms with Gasteiger partial charge in [0.2, 0.25) is 0 Å². The van der Waals surface area contributed by atoms with E-state index < -0.39 is 5.72 Å². The fourth-order valence-corrected chi connectivity index (χ4v) is 4.79. The van der Waals surface area contributed by atoms with Crippen molar-refractivity contribution in [3.8, 4) is 11.5 Å². The van der Waals surface area contributed by atoms with Gasteiger partial charge in [-0.3, -0.25) is 4.79 Å². The van der Waals surface area contributed by atoms with Gasteiger partial charge < -0.3 is 14.8 Å². The van der Waals surface area contributed by atoms with E-state index in [1.54, 1.807) is 12.1 Å². The maximum Gasteiger partial charge on any atom is 0.306 e. The van der Waals surface area contributed by atoms with Gasteiger partial charge in [0, 0.05) is 17.0 Å². The van der Waals surface area contributed by atoms with Gasteiger partial charge in [-0.1, -0.05) is 54.1 Å². The van der Waals surface area contributed by atoms with Gasteiger partial charge in [0.25, 0.3) is 5.91 Å². The molecule has 0 aromatic heterocycles. The normalized spacial score (nSPS) is 22.9. The summed E-state index contributed by atoms with van der Waals surface area (Å²) in [7, 11) is 1.60. The number of nitrogens with one attached hydrogen (secondary N) is 1. The molecule has 1 spiro atoms. The largest absolute Gasteiger partial charge is 0.493 e. The average molecular weight is 432 g/mol. The molecular weight excluding hydrogens is 414 g/mol. The summed E-state index contributed by atoms with van der Waals surface area (Å²) in [6.07, 6.45) is 0.627. The maximum atomic E-state index is 13.4. The van der Waals surface area contributed by atoms with Crippen LogP contribution in [0.3, 0.4) is 0 Å². The number of carbonyl (C=O) groups excluding carboxylic acids is 1. The van der Waals surface area contributed by atoms with Crippen molar-refractivity contribution in [2.75, 3.05) is 12.4 Å². The molecule has 0 fully saturated rings. The van der Waals surface area contributed by atoms with Crippen molar-refractivity contribution < 1.29 is 14.3 Å². The van der Waals surface area contributed by atoms with Crippen LogP contribution in [0.25, 0.3) is 0 Å². The molecule has 0 radical (unpaired) electrons. The number of carbonyl (C=O) groups is 1. The van der Waals surface area contributed by atoms with E-state index in [0.717, 1.165) is 28.1 Å². The van der Waals surface area contributed by atoms with Crippen molar-refractivity contribution in [1.29, 1.82) is 0 Å². The van der Waals surface area contributed by atoms with Gasteiger partial charge in [-0.2, -0.15) is 5.10 Å². The number of amides is 1. The van der Waals surface area contributed by atoms with E-state index in [1.165, 1.54) is 0 Å². The topological polar surface area (TPSA) is 63.2 Å². The summed E-state index contributed by atoms with van der Waals surface area (Å²) in [5.41, 5.74) is 2.83. The molecule has 7 heteroatoms.